The number of aryl methyl sites for hydroxylation is 1. The first-order valence-corrected chi connectivity index (χ1v) is 7.64. The predicted molar refractivity (Wildman–Crippen MR) is 86.0 cm³/mol. The number of aliphatic carboxylic acids is 1. The molecule has 126 valence electrons. The smallest absolute Gasteiger partial charge is 0.308 e. The maximum atomic E-state index is 12.6. The van der Waals surface area contributed by atoms with Crippen LogP contribution in [-0.2, 0) is 11.8 Å². The van der Waals surface area contributed by atoms with Gasteiger partial charge in [-0.25, -0.2) is 0 Å². The first-order valence-electron chi connectivity index (χ1n) is 7.64. The number of nitrogens with zero attached hydrogens (tertiary/aromatic N) is 3. The summed E-state index contributed by atoms with van der Waals surface area (Å²) in [5.41, 5.74) is 1.33. The molecule has 24 heavy (non-hydrogen) atoms. The molecule has 2 heterocycles. The lowest BCUT2D eigenvalue weighted by Crippen LogP contribution is -2.29. The number of carboxylic acid groups (broad SMARTS) is 1. The first-order chi connectivity index (χ1) is 11.5. The normalized spacial score (nSPS) is 20.2. The highest BCUT2D eigenvalue weighted by Gasteiger charge is 2.41. The second kappa shape index (κ2) is 6.35. The lowest BCUT2D eigenvalue weighted by Gasteiger charge is -2.16. The van der Waals surface area contributed by atoms with E-state index in [1.807, 2.05) is 24.3 Å². The van der Waals surface area contributed by atoms with Gasteiger partial charge in [0.2, 0.25) is 0 Å². The van der Waals surface area contributed by atoms with Gasteiger partial charge < -0.3 is 14.7 Å². The molecule has 1 N–H and O–H groups in total. The molecule has 0 aliphatic carbocycles. The molecule has 0 saturated carbocycles. The fourth-order valence-electron chi connectivity index (χ4n) is 3.14. The predicted octanol–water partition coefficient (Wildman–Crippen LogP) is 1.37. The van der Waals surface area contributed by atoms with Gasteiger partial charge in [-0.1, -0.05) is 12.1 Å². The number of hydrogen-bond donors (Lipinski definition) is 1. The maximum absolute atomic E-state index is 12.6. The van der Waals surface area contributed by atoms with Crippen LogP contribution in [0.1, 0.15) is 21.8 Å². The summed E-state index contributed by atoms with van der Waals surface area (Å²) in [5.74, 6) is -1.33. The fourth-order valence-corrected chi connectivity index (χ4v) is 3.14. The van der Waals surface area contributed by atoms with E-state index in [4.69, 9.17) is 4.74 Å². The van der Waals surface area contributed by atoms with Crippen molar-refractivity contribution >= 4 is 11.9 Å². The van der Waals surface area contributed by atoms with Crippen molar-refractivity contribution < 1.29 is 19.4 Å². The van der Waals surface area contributed by atoms with Crippen LogP contribution in [0.4, 0.5) is 0 Å². The first kappa shape index (κ1) is 16.0. The van der Waals surface area contributed by atoms with Gasteiger partial charge in [-0.3, -0.25) is 14.3 Å². The van der Waals surface area contributed by atoms with Crippen LogP contribution in [0, 0.1) is 5.92 Å². The Morgan fingerprint density at radius 3 is 2.75 bits per heavy atom. The van der Waals surface area contributed by atoms with Gasteiger partial charge in [0.1, 0.15) is 5.75 Å². The number of carbonyl (C=O) groups is 2. The standard InChI is InChI=1S/C17H19N3O4/c1-19-8-12(7-18-19)16(21)20-9-14(15(10-20)17(22)23)11-4-3-5-13(6-11)24-2/h3-8,14-15H,9-10H2,1-2H3,(H,22,23). The number of likely N-dealkylation sites (tertiary alicyclic amines) is 1. The summed E-state index contributed by atoms with van der Waals surface area (Å²) in [7, 11) is 3.31. The average molecular weight is 329 g/mol. The monoisotopic (exact) mass is 329 g/mol. The summed E-state index contributed by atoms with van der Waals surface area (Å²) in [5, 5.41) is 13.6. The van der Waals surface area contributed by atoms with Crippen molar-refractivity contribution in [2.45, 2.75) is 5.92 Å². The zero-order valence-electron chi connectivity index (χ0n) is 13.5. The molecule has 2 aromatic rings. The van der Waals surface area contributed by atoms with E-state index in [1.165, 1.54) is 6.20 Å². The van der Waals surface area contributed by atoms with E-state index >= 15 is 0 Å². The second-order valence-corrected chi connectivity index (χ2v) is 5.94. The van der Waals surface area contributed by atoms with E-state index in [9.17, 15) is 14.7 Å². The summed E-state index contributed by atoms with van der Waals surface area (Å²) in [6, 6.07) is 7.35. The highest BCUT2D eigenvalue weighted by atomic mass is 16.5. The lowest BCUT2D eigenvalue weighted by atomic mass is 9.89. The van der Waals surface area contributed by atoms with Gasteiger partial charge >= 0.3 is 5.97 Å². The number of rotatable bonds is 4. The number of carboxylic acids is 1. The van der Waals surface area contributed by atoms with Gasteiger partial charge in [-0.2, -0.15) is 5.10 Å². The third-order valence-corrected chi connectivity index (χ3v) is 4.40. The zero-order chi connectivity index (χ0) is 17.3. The Morgan fingerprint density at radius 1 is 1.33 bits per heavy atom. The third-order valence-electron chi connectivity index (χ3n) is 4.40. The van der Waals surface area contributed by atoms with Crippen LogP contribution in [0.15, 0.2) is 36.7 Å². The number of benzene rings is 1. The van der Waals surface area contributed by atoms with Gasteiger partial charge in [-0.05, 0) is 17.7 Å². The number of carbonyl (C=O) groups excluding carboxylic acids is 1. The van der Waals surface area contributed by atoms with Crippen LogP contribution in [0.3, 0.4) is 0 Å². The minimum Gasteiger partial charge on any atom is -0.497 e. The van der Waals surface area contributed by atoms with Crippen LogP contribution in [0.2, 0.25) is 0 Å². The number of ether oxygens (including phenoxy) is 1. The molecule has 7 heteroatoms. The SMILES string of the molecule is COc1cccc(C2CN(C(=O)c3cnn(C)c3)CC2C(=O)O)c1. The summed E-state index contributed by atoms with van der Waals surface area (Å²) in [4.78, 5) is 25.8. The topological polar surface area (TPSA) is 84.7 Å². The molecule has 1 aromatic carbocycles. The number of methoxy groups -OCH3 is 1. The molecular formula is C17H19N3O4. The van der Waals surface area contributed by atoms with E-state index in [2.05, 4.69) is 5.10 Å². The highest BCUT2D eigenvalue weighted by molar-refractivity contribution is 5.94. The molecule has 3 rings (SSSR count). The molecule has 1 saturated heterocycles. The molecular weight excluding hydrogens is 310 g/mol. The molecule has 7 nitrogen and oxygen atoms in total. The summed E-state index contributed by atoms with van der Waals surface area (Å²) < 4.78 is 6.77. The molecule has 0 bridgehead atoms. The molecule has 2 unspecified atom stereocenters. The Labute approximate surface area is 139 Å². The minimum atomic E-state index is -0.899. The van der Waals surface area contributed by atoms with Crippen molar-refractivity contribution in [1.29, 1.82) is 0 Å². The molecule has 1 fully saturated rings. The number of hydrogen-bond acceptors (Lipinski definition) is 4. The van der Waals surface area contributed by atoms with Gasteiger partial charge in [0.15, 0.2) is 0 Å². The van der Waals surface area contributed by atoms with E-state index in [-0.39, 0.29) is 18.4 Å². The molecule has 1 amide bonds. The fraction of sp³-hybridized carbons (Fsp3) is 0.353. The van der Waals surface area contributed by atoms with Crippen molar-refractivity contribution in [2.75, 3.05) is 20.2 Å². The third kappa shape index (κ3) is 2.97. The van der Waals surface area contributed by atoms with Crippen molar-refractivity contribution in [2.24, 2.45) is 13.0 Å². The van der Waals surface area contributed by atoms with Crippen LogP contribution in [0.25, 0.3) is 0 Å². The van der Waals surface area contributed by atoms with Crippen molar-refractivity contribution in [3.8, 4) is 5.75 Å². The van der Waals surface area contributed by atoms with E-state index in [0.29, 0.717) is 17.9 Å². The van der Waals surface area contributed by atoms with E-state index in [1.54, 1.807) is 29.9 Å². The van der Waals surface area contributed by atoms with Gasteiger partial charge in [0.05, 0.1) is 24.8 Å². The Hall–Kier alpha value is -2.83. The highest BCUT2D eigenvalue weighted by Crippen LogP contribution is 2.35. The molecule has 0 radical (unpaired) electrons. The van der Waals surface area contributed by atoms with Crippen LogP contribution in [-0.4, -0.2) is 51.9 Å². The van der Waals surface area contributed by atoms with Crippen molar-refractivity contribution in [3.63, 3.8) is 0 Å². The maximum Gasteiger partial charge on any atom is 0.308 e. The van der Waals surface area contributed by atoms with Gasteiger partial charge in [0.25, 0.3) is 5.91 Å². The second-order valence-electron chi connectivity index (χ2n) is 5.94. The molecule has 1 aromatic heterocycles. The van der Waals surface area contributed by atoms with E-state index in [0.717, 1.165) is 5.56 Å². The molecule has 1 aliphatic rings. The molecule has 2 atom stereocenters. The summed E-state index contributed by atoms with van der Waals surface area (Å²) in [6.45, 7) is 0.544. The lowest BCUT2D eigenvalue weighted by molar-refractivity contribution is -0.141. The number of aromatic nitrogens is 2. The Morgan fingerprint density at radius 2 is 2.12 bits per heavy atom. The largest absolute Gasteiger partial charge is 0.497 e. The Balaban J connectivity index is 1.86. The minimum absolute atomic E-state index is 0.185. The van der Waals surface area contributed by atoms with Gasteiger partial charge in [0, 0.05) is 32.3 Å². The Kier molecular flexibility index (Phi) is 4.24. The van der Waals surface area contributed by atoms with Crippen molar-refractivity contribution in [3.05, 3.63) is 47.8 Å². The molecule has 1 aliphatic heterocycles. The van der Waals surface area contributed by atoms with Crippen molar-refractivity contribution in [1.82, 2.24) is 14.7 Å². The average Bonchev–Trinajstić information content (AvgIpc) is 3.21. The summed E-state index contributed by atoms with van der Waals surface area (Å²) >= 11 is 0. The van der Waals surface area contributed by atoms with Crippen LogP contribution in [0.5, 0.6) is 5.75 Å². The summed E-state index contributed by atoms with van der Waals surface area (Å²) in [6.07, 6.45) is 3.13. The van der Waals surface area contributed by atoms with Crippen LogP contribution < -0.4 is 4.74 Å². The quantitative estimate of drug-likeness (QED) is 0.916. The van der Waals surface area contributed by atoms with E-state index < -0.39 is 11.9 Å². The van der Waals surface area contributed by atoms with Crippen LogP contribution >= 0.6 is 0 Å². The Bertz CT molecular complexity index is 771. The number of amides is 1. The van der Waals surface area contributed by atoms with Gasteiger partial charge in [-0.15, -0.1) is 0 Å². The zero-order valence-corrected chi connectivity index (χ0v) is 13.5. The molecule has 0 spiro atoms.